The Morgan fingerprint density at radius 3 is 2.93 bits per heavy atom. The van der Waals surface area contributed by atoms with E-state index >= 15 is 0 Å². The molecule has 0 aromatic rings. The highest BCUT2D eigenvalue weighted by Crippen LogP contribution is 2.36. The molecular weight excluding hydrogens is 178 g/mol. The van der Waals surface area contributed by atoms with Crippen LogP contribution in [0, 0.1) is 5.41 Å². The monoisotopic (exact) mass is 197 g/mol. The van der Waals surface area contributed by atoms with Gasteiger partial charge in [0.05, 0.1) is 0 Å². The van der Waals surface area contributed by atoms with Gasteiger partial charge >= 0.3 is 0 Å². The molecular formula is C11H19NO2. The molecule has 2 rings (SSSR count). The normalized spacial score (nSPS) is 30.1. The van der Waals surface area contributed by atoms with E-state index in [1.807, 2.05) is 0 Å². The molecule has 1 aliphatic carbocycles. The number of hydrogen-bond acceptors (Lipinski definition) is 3. The van der Waals surface area contributed by atoms with E-state index in [9.17, 15) is 0 Å². The van der Waals surface area contributed by atoms with Crippen LogP contribution in [0.5, 0.6) is 0 Å². The summed E-state index contributed by atoms with van der Waals surface area (Å²) in [5.74, 6) is 0.796. The predicted octanol–water partition coefficient (Wildman–Crippen LogP) is 2.35. The molecule has 1 fully saturated rings. The molecule has 1 N–H and O–H groups in total. The van der Waals surface area contributed by atoms with Gasteiger partial charge in [-0.1, -0.05) is 26.7 Å². The van der Waals surface area contributed by atoms with E-state index in [1.165, 1.54) is 25.7 Å². The minimum atomic E-state index is 0.357. The summed E-state index contributed by atoms with van der Waals surface area (Å²) in [5.41, 5.74) is 0.366. The fraction of sp³-hybridized carbons (Fsp3) is 0.818. The molecule has 0 spiro atoms. The predicted molar refractivity (Wildman–Crippen MR) is 54.3 cm³/mol. The van der Waals surface area contributed by atoms with Gasteiger partial charge in [0.2, 0.25) is 12.7 Å². The molecule has 14 heavy (non-hydrogen) atoms. The first-order chi connectivity index (χ1) is 6.68. The fourth-order valence-electron chi connectivity index (χ4n) is 2.25. The van der Waals surface area contributed by atoms with Crippen molar-refractivity contribution in [2.24, 2.45) is 5.41 Å². The van der Waals surface area contributed by atoms with Crippen molar-refractivity contribution in [3.05, 3.63) is 12.1 Å². The zero-order valence-corrected chi connectivity index (χ0v) is 9.01. The van der Waals surface area contributed by atoms with E-state index in [0.29, 0.717) is 18.2 Å². The van der Waals surface area contributed by atoms with E-state index in [1.54, 1.807) is 6.26 Å². The van der Waals surface area contributed by atoms with Crippen molar-refractivity contribution in [1.29, 1.82) is 0 Å². The molecule has 0 bridgehead atoms. The van der Waals surface area contributed by atoms with Gasteiger partial charge in [-0.25, -0.2) is 0 Å². The minimum absolute atomic E-state index is 0.357. The highest BCUT2D eigenvalue weighted by Gasteiger charge is 2.33. The quantitative estimate of drug-likeness (QED) is 0.737. The van der Waals surface area contributed by atoms with Crippen LogP contribution in [-0.4, -0.2) is 12.8 Å². The van der Waals surface area contributed by atoms with Crippen LogP contribution in [0.4, 0.5) is 0 Å². The first-order valence-corrected chi connectivity index (χ1v) is 5.40. The van der Waals surface area contributed by atoms with Gasteiger partial charge in [-0.2, -0.15) is 0 Å². The minimum Gasteiger partial charge on any atom is -0.459 e. The molecule has 3 nitrogen and oxygen atoms in total. The lowest BCUT2D eigenvalue weighted by Crippen LogP contribution is -2.43. The van der Waals surface area contributed by atoms with E-state index < -0.39 is 0 Å². The van der Waals surface area contributed by atoms with Gasteiger partial charge in [0.1, 0.15) is 6.26 Å². The number of nitrogens with one attached hydrogen (secondary N) is 1. The van der Waals surface area contributed by atoms with E-state index in [0.717, 1.165) is 5.88 Å². The maximum atomic E-state index is 5.28. The highest BCUT2D eigenvalue weighted by molar-refractivity contribution is 4.97. The number of ether oxygens (including phenoxy) is 2. The topological polar surface area (TPSA) is 30.5 Å². The second-order valence-corrected chi connectivity index (χ2v) is 4.84. The smallest absolute Gasteiger partial charge is 0.232 e. The van der Waals surface area contributed by atoms with Crippen molar-refractivity contribution in [3.63, 3.8) is 0 Å². The van der Waals surface area contributed by atoms with Crippen LogP contribution < -0.4 is 5.32 Å². The molecule has 2 aliphatic rings. The first-order valence-electron chi connectivity index (χ1n) is 5.40. The molecule has 1 atom stereocenters. The van der Waals surface area contributed by atoms with Gasteiger partial charge in [0.25, 0.3) is 0 Å². The largest absolute Gasteiger partial charge is 0.459 e. The maximum absolute atomic E-state index is 5.28. The van der Waals surface area contributed by atoms with Crippen LogP contribution in [0.15, 0.2) is 12.1 Å². The summed E-state index contributed by atoms with van der Waals surface area (Å²) in [7, 11) is 0. The molecule has 0 amide bonds. The van der Waals surface area contributed by atoms with Crippen LogP contribution in [-0.2, 0) is 9.47 Å². The van der Waals surface area contributed by atoms with Gasteiger partial charge in [0, 0.05) is 6.04 Å². The molecule has 0 aromatic carbocycles. The zero-order chi connectivity index (χ0) is 10.0. The van der Waals surface area contributed by atoms with Crippen LogP contribution in [0.1, 0.15) is 39.5 Å². The van der Waals surface area contributed by atoms with E-state index in [2.05, 4.69) is 19.2 Å². The number of rotatable bonds is 2. The lowest BCUT2D eigenvalue weighted by Gasteiger charge is -2.39. The summed E-state index contributed by atoms with van der Waals surface area (Å²) < 4.78 is 10.3. The van der Waals surface area contributed by atoms with Crippen molar-refractivity contribution in [1.82, 2.24) is 5.32 Å². The van der Waals surface area contributed by atoms with Gasteiger partial charge < -0.3 is 14.8 Å². The second kappa shape index (κ2) is 3.71. The lowest BCUT2D eigenvalue weighted by molar-refractivity contribution is 0.0641. The van der Waals surface area contributed by atoms with Crippen molar-refractivity contribution >= 4 is 0 Å². The fourth-order valence-corrected chi connectivity index (χ4v) is 2.25. The summed E-state index contributed by atoms with van der Waals surface area (Å²) >= 11 is 0. The Hall–Kier alpha value is -0.860. The van der Waals surface area contributed by atoms with Crippen molar-refractivity contribution < 1.29 is 9.47 Å². The Bertz CT molecular complexity index is 235. The summed E-state index contributed by atoms with van der Waals surface area (Å²) in [6, 6.07) is 0.518. The standard InChI is InChI=1S/C11H19NO2/c1-11(2)6-4-3-5-9(11)12-10-7-13-8-14-10/h7,9,12H,3-6,8H2,1-2H3/t9-/m1/s1. The third kappa shape index (κ3) is 1.97. The molecule has 0 unspecified atom stereocenters. The third-order valence-electron chi connectivity index (χ3n) is 3.30. The van der Waals surface area contributed by atoms with Crippen molar-refractivity contribution in [2.75, 3.05) is 6.79 Å². The lowest BCUT2D eigenvalue weighted by atomic mass is 9.73. The van der Waals surface area contributed by atoms with Gasteiger partial charge in [0.15, 0.2) is 0 Å². The molecule has 1 saturated carbocycles. The molecule has 0 radical (unpaired) electrons. The third-order valence-corrected chi connectivity index (χ3v) is 3.30. The average Bonchev–Trinajstić information content (AvgIpc) is 2.61. The van der Waals surface area contributed by atoms with E-state index in [-0.39, 0.29) is 0 Å². The summed E-state index contributed by atoms with van der Waals surface area (Å²) in [4.78, 5) is 0. The Morgan fingerprint density at radius 1 is 1.43 bits per heavy atom. The molecule has 3 heteroatoms. The summed E-state index contributed by atoms with van der Waals surface area (Å²) in [6.45, 7) is 5.00. The summed E-state index contributed by atoms with van der Waals surface area (Å²) in [6.07, 6.45) is 6.86. The van der Waals surface area contributed by atoms with Crippen LogP contribution in [0.25, 0.3) is 0 Å². The molecule has 1 aliphatic heterocycles. The van der Waals surface area contributed by atoms with Crippen molar-refractivity contribution in [2.45, 2.75) is 45.6 Å². The van der Waals surface area contributed by atoms with Gasteiger partial charge in [-0.05, 0) is 18.3 Å². The average molecular weight is 197 g/mol. The zero-order valence-electron chi connectivity index (χ0n) is 9.01. The molecule has 1 heterocycles. The summed E-state index contributed by atoms with van der Waals surface area (Å²) in [5, 5.41) is 3.42. The van der Waals surface area contributed by atoms with Crippen molar-refractivity contribution in [3.8, 4) is 0 Å². The van der Waals surface area contributed by atoms with Gasteiger partial charge in [-0.3, -0.25) is 0 Å². The first kappa shape index (κ1) is 9.69. The van der Waals surface area contributed by atoms with Crippen LogP contribution >= 0.6 is 0 Å². The molecule has 0 aromatic heterocycles. The van der Waals surface area contributed by atoms with Crippen LogP contribution in [0.2, 0.25) is 0 Å². The molecule has 0 saturated heterocycles. The Labute approximate surface area is 85.5 Å². The second-order valence-electron chi connectivity index (χ2n) is 4.84. The molecule has 80 valence electrons. The maximum Gasteiger partial charge on any atom is 0.232 e. The van der Waals surface area contributed by atoms with Gasteiger partial charge in [-0.15, -0.1) is 0 Å². The SMILES string of the molecule is CC1(C)CCCC[C@H]1NC1=COCO1. The Kier molecular flexibility index (Phi) is 2.57. The van der Waals surface area contributed by atoms with E-state index in [4.69, 9.17) is 9.47 Å². The highest BCUT2D eigenvalue weighted by atomic mass is 16.7. The Balaban J connectivity index is 1.94. The Morgan fingerprint density at radius 2 is 2.29 bits per heavy atom. The number of hydrogen-bond donors (Lipinski definition) is 1. The van der Waals surface area contributed by atoms with Crippen LogP contribution in [0.3, 0.4) is 0 Å².